The SMILES string of the molecule is N#Cc1cccc(NC(=O)/C=C/c2ccccc2)c1. The molecule has 3 nitrogen and oxygen atoms in total. The van der Waals surface area contributed by atoms with Crippen molar-refractivity contribution in [1.82, 2.24) is 0 Å². The molecule has 0 bridgehead atoms. The van der Waals surface area contributed by atoms with Crippen LogP contribution in [0.2, 0.25) is 0 Å². The zero-order valence-corrected chi connectivity index (χ0v) is 10.2. The summed E-state index contributed by atoms with van der Waals surface area (Å²) in [5.74, 6) is -0.223. The van der Waals surface area contributed by atoms with E-state index in [2.05, 4.69) is 5.32 Å². The molecule has 92 valence electrons. The van der Waals surface area contributed by atoms with E-state index in [1.165, 1.54) is 6.08 Å². The van der Waals surface area contributed by atoms with Gasteiger partial charge in [-0.25, -0.2) is 0 Å². The topological polar surface area (TPSA) is 52.9 Å². The number of carbonyl (C=O) groups is 1. The zero-order chi connectivity index (χ0) is 13.5. The quantitative estimate of drug-likeness (QED) is 0.848. The Kier molecular flexibility index (Phi) is 4.09. The third-order valence-electron chi connectivity index (χ3n) is 2.49. The molecule has 0 saturated heterocycles. The number of amides is 1. The van der Waals surface area contributed by atoms with Crippen molar-refractivity contribution in [2.45, 2.75) is 0 Å². The maximum absolute atomic E-state index is 11.7. The van der Waals surface area contributed by atoms with Crippen LogP contribution in [0.3, 0.4) is 0 Å². The van der Waals surface area contributed by atoms with Gasteiger partial charge in [-0.3, -0.25) is 4.79 Å². The van der Waals surface area contributed by atoms with Gasteiger partial charge in [0.25, 0.3) is 0 Å². The predicted molar refractivity (Wildman–Crippen MR) is 75.3 cm³/mol. The van der Waals surface area contributed by atoms with E-state index in [0.29, 0.717) is 11.3 Å². The molecule has 0 spiro atoms. The number of carbonyl (C=O) groups excluding carboxylic acids is 1. The Bertz CT molecular complexity index is 639. The average Bonchev–Trinajstić information content (AvgIpc) is 2.46. The number of benzene rings is 2. The summed E-state index contributed by atoms with van der Waals surface area (Å²) in [6.45, 7) is 0. The second-order valence-electron chi connectivity index (χ2n) is 3.93. The second kappa shape index (κ2) is 6.18. The minimum Gasteiger partial charge on any atom is -0.322 e. The normalized spacial score (nSPS) is 10.1. The van der Waals surface area contributed by atoms with Crippen LogP contribution >= 0.6 is 0 Å². The van der Waals surface area contributed by atoms with Gasteiger partial charge < -0.3 is 5.32 Å². The minimum atomic E-state index is -0.223. The van der Waals surface area contributed by atoms with Crippen molar-refractivity contribution in [2.75, 3.05) is 5.32 Å². The molecule has 1 amide bonds. The minimum absolute atomic E-state index is 0.223. The molecule has 0 aliphatic carbocycles. The molecule has 0 aromatic heterocycles. The first-order valence-electron chi connectivity index (χ1n) is 5.82. The summed E-state index contributed by atoms with van der Waals surface area (Å²) in [5, 5.41) is 11.5. The smallest absolute Gasteiger partial charge is 0.248 e. The number of nitrogens with one attached hydrogen (secondary N) is 1. The van der Waals surface area contributed by atoms with E-state index in [1.807, 2.05) is 36.4 Å². The van der Waals surface area contributed by atoms with Crippen molar-refractivity contribution in [3.8, 4) is 6.07 Å². The van der Waals surface area contributed by atoms with Gasteiger partial charge >= 0.3 is 0 Å². The third-order valence-corrected chi connectivity index (χ3v) is 2.49. The molecule has 0 saturated carbocycles. The first kappa shape index (κ1) is 12.6. The highest BCUT2D eigenvalue weighted by molar-refractivity contribution is 6.01. The van der Waals surface area contributed by atoms with Gasteiger partial charge in [0.05, 0.1) is 11.6 Å². The van der Waals surface area contributed by atoms with Gasteiger partial charge in [0.15, 0.2) is 0 Å². The molecule has 0 atom stereocenters. The number of hydrogen-bond donors (Lipinski definition) is 1. The number of anilines is 1. The van der Waals surface area contributed by atoms with E-state index in [-0.39, 0.29) is 5.91 Å². The average molecular weight is 248 g/mol. The highest BCUT2D eigenvalue weighted by Gasteiger charge is 1.98. The highest BCUT2D eigenvalue weighted by atomic mass is 16.1. The summed E-state index contributed by atoms with van der Waals surface area (Å²) in [4.78, 5) is 11.7. The Morgan fingerprint density at radius 2 is 1.89 bits per heavy atom. The lowest BCUT2D eigenvalue weighted by atomic mass is 10.2. The van der Waals surface area contributed by atoms with Gasteiger partial charge in [-0.15, -0.1) is 0 Å². The van der Waals surface area contributed by atoms with E-state index >= 15 is 0 Å². The maximum atomic E-state index is 11.7. The Morgan fingerprint density at radius 1 is 1.11 bits per heavy atom. The number of nitriles is 1. The van der Waals surface area contributed by atoms with E-state index < -0.39 is 0 Å². The van der Waals surface area contributed by atoms with E-state index in [9.17, 15) is 4.79 Å². The summed E-state index contributed by atoms with van der Waals surface area (Å²) in [7, 11) is 0. The van der Waals surface area contributed by atoms with Crippen molar-refractivity contribution in [3.63, 3.8) is 0 Å². The predicted octanol–water partition coefficient (Wildman–Crippen LogP) is 3.21. The van der Waals surface area contributed by atoms with Crippen molar-refractivity contribution < 1.29 is 4.79 Å². The van der Waals surface area contributed by atoms with E-state index in [4.69, 9.17) is 5.26 Å². The molecule has 3 heteroatoms. The molecule has 2 rings (SSSR count). The number of hydrogen-bond acceptors (Lipinski definition) is 2. The van der Waals surface area contributed by atoms with Crippen LogP contribution in [-0.4, -0.2) is 5.91 Å². The Morgan fingerprint density at radius 3 is 2.63 bits per heavy atom. The molecule has 0 heterocycles. The van der Waals surface area contributed by atoms with Crippen LogP contribution in [0.5, 0.6) is 0 Å². The van der Waals surface area contributed by atoms with E-state index in [1.54, 1.807) is 30.3 Å². The van der Waals surface area contributed by atoms with Gasteiger partial charge in [-0.05, 0) is 29.8 Å². The summed E-state index contributed by atoms with van der Waals surface area (Å²) in [5.41, 5.74) is 2.09. The summed E-state index contributed by atoms with van der Waals surface area (Å²) >= 11 is 0. The zero-order valence-electron chi connectivity index (χ0n) is 10.2. The first-order valence-corrected chi connectivity index (χ1v) is 5.82. The third kappa shape index (κ3) is 3.83. The van der Waals surface area contributed by atoms with Gasteiger partial charge in [0.1, 0.15) is 0 Å². The van der Waals surface area contributed by atoms with Crippen LogP contribution in [-0.2, 0) is 4.79 Å². The van der Waals surface area contributed by atoms with Crippen LogP contribution in [0.4, 0.5) is 5.69 Å². The lowest BCUT2D eigenvalue weighted by Crippen LogP contribution is -2.07. The fourth-order valence-electron chi connectivity index (χ4n) is 1.59. The fraction of sp³-hybridized carbons (Fsp3) is 0. The molecule has 0 radical (unpaired) electrons. The molecule has 0 fully saturated rings. The van der Waals surface area contributed by atoms with Gasteiger partial charge in [0.2, 0.25) is 5.91 Å². The largest absolute Gasteiger partial charge is 0.322 e. The van der Waals surface area contributed by atoms with E-state index in [0.717, 1.165) is 5.56 Å². The van der Waals surface area contributed by atoms with Crippen LogP contribution in [0, 0.1) is 11.3 Å². The Labute approximate surface area is 111 Å². The Hall–Kier alpha value is -2.86. The van der Waals surface area contributed by atoms with Crippen LogP contribution in [0.1, 0.15) is 11.1 Å². The van der Waals surface area contributed by atoms with Crippen molar-refractivity contribution in [2.24, 2.45) is 0 Å². The summed E-state index contributed by atoms with van der Waals surface area (Å²) < 4.78 is 0. The van der Waals surface area contributed by atoms with Crippen LogP contribution in [0.25, 0.3) is 6.08 Å². The van der Waals surface area contributed by atoms with Crippen molar-refractivity contribution in [3.05, 3.63) is 71.8 Å². The van der Waals surface area contributed by atoms with Crippen LogP contribution < -0.4 is 5.32 Å². The molecule has 0 aliphatic heterocycles. The lowest BCUT2D eigenvalue weighted by Gasteiger charge is -2.01. The monoisotopic (exact) mass is 248 g/mol. The maximum Gasteiger partial charge on any atom is 0.248 e. The molecular weight excluding hydrogens is 236 g/mol. The summed E-state index contributed by atoms with van der Waals surface area (Å²) in [6.07, 6.45) is 3.21. The summed E-state index contributed by atoms with van der Waals surface area (Å²) in [6, 6.07) is 18.4. The fourth-order valence-corrected chi connectivity index (χ4v) is 1.59. The molecule has 2 aromatic rings. The number of rotatable bonds is 3. The Balaban J connectivity index is 2.02. The standard InChI is InChI=1S/C16H12N2O/c17-12-14-7-4-8-15(11-14)18-16(19)10-9-13-5-2-1-3-6-13/h1-11H,(H,18,19)/b10-9+. The molecule has 0 unspecified atom stereocenters. The van der Waals surface area contributed by atoms with Gasteiger partial charge in [-0.1, -0.05) is 36.4 Å². The molecule has 19 heavy (non-hydrogen) atoms. The van der Waals surface area contributed by atoms with Crippen LogP contribution in [0.15, 0.2) is 60.7 Å². The lowest BCUT2D eigenvalue weighted by molar-refractivity contribution is -0.111. The first-order chi connectivity index (χ1) is 9.28. The number of nitrogens with zero attached hydrogens (tertiary/aromatic N) is 1. The highest BCUT2D eigenvalue weighted by Crippen LogP contribution is 2.10. The van der Waals surface area contributed by atoms with Gasteiger partial charge in [-0.2, -0.15) is 5.26 Å². The second-order valence-corrected chi connectivity index (χ2v) is 3.93. The van der Waals surface area contributed by atoms with Crippen molar-refractivity contribution in [1.29, 1.82) is 5.26 Å². The molecule has 0 aliphatic rings. The van der Waals surface area contributed by atoms with Gasteiger partial charge in [0, 0.05) is 11.8 Å². The molecule has 1 N–H and O–H groups in total. The molecule has 2 aromatic carbocycles. The van der Waals surface area contributed by atoms with Crippen molar-refractivity contribution >= 4 is 17.7 Å². The molecular formula is C16H12N2O.